The molecule has 1 rings (SSSR count). The van der Waals surface area contributed by atoms with E-state index in [9.17, 15) is 22.9 Å². The van der Waals surface area contributed by atoms with E-state index in [0.29, 0.717) is 6.07 Å². The molecule has 0 fully saturated rings. The van der Waals surface area contributed by atoms with Crippen molar-refractivity contribution < 1.29 is 17.7 Å². The van der Waals surface area contributed by atoms with E-state index in [-0.39, 0.29) is 6.42 Å². The summed E-state index contributed by atoms with van der Waals surface area (Å²) < 4.78 is 38.7. The lowest BCUT2D eigenvalue weighted by molar-refractivity contribution is -0.388. The van der Waals surface area contributed by atoms with Crippen molar-refractivity contribution >= 4 is 15.7 Å². The van der Waals surface area contributed by atoms with Crippen LogP contribution in [0.5, 0.6) is 0 Å². The summed E-state index contributed by atoms with van der Waals surface area (Å²) in [6.07, 6.45) is 0.199. The van der Waals surface area contributed by atoms with Crippen molar-refractivity contribution in [2.75, 3.05) is 0 Å². The van der Waals surface area contributed by atoms with E-state index >= 15 is 0 Å². The largest absolute Gasteiger partial charge is 0.292 e. The Morgan fingerprint density at radius 3 is 2.68 bits per heavy atom. The van der Waals surface area contributed by atoms with Crippen LogP contribution in [-0.2, 0) is 10.0 Å². The molecular weight excluding hydrogens is 277 g/mol. The van der Waals surface area contributed by atoms with Gasteiger partial charge in [-0.3, -0.25) is 10.1 Å². The number of nitriles is 1. The number of sulfonamides is 1. The van der Waals surface area contributed by atoms with Crippen LogP contribution in [0, 0.1) is 27.3 Å². The zero-order chi connectivity index (χ0) is 14.6. The van der Waals surface area contributed by atoms with Crippen LogP contribution >= 0.6 is 0 Å². The van der Waals surface area contributed by atoms with E-state index < -0.39 is 37.4 Å². The average Bonchev–Trinajstić information content (AvgIpc) is 2.35. The number of nitrogens with one attached hydrogen (secondary N) is 1. The fourth-order valence-electron chi connectivity index (χ4n) is 1.31. The molecule has 0 aliphatic heterocycles. The SMILES string of the molecule is CCC(C#N)NS(=O)(=O)c1ccc(F)cc1[N+](=O)[O-]. The molecule has 1 atom stereocenters. The van der Waals surface area contributed by atoms with Crippen molar-refractivity contribution in [3.05, 3.63) is 34.1 Å². The number of hydrogen-bond acceptors (Lipinski definition) is 5. The smallest absolute Gasteiger partial charge is 0.258 e. The Morgan fingerprint density at radius 2 is 2.21 bits per heavy atom. The molecule has 7 nitrogen and oxygen atoms in total. The second kappa shape index (κ2) is 5.73. The van der Waals surface area contributed by atoms with Crippen molar-refractivity contribution in [3.8, 4) is 6.07 Å². The molecule has 102 valence electrons. The van der Waals surface area contributed by atoms with Gasteiger partial charge in [0.25, 0.3) is 5.69 Å². The molecule has 0 aromatic heterocycles. The lowest BCUT2D eigenvalue weighted by Crippen LogP contribution is -2.33. The number of halogens is 1. The third kappa shape index (κ3) is 3.46. The number of nitrogens with zero attached hydrogens (tertiary/aromatic N) is 2. The van der Waals surface area contributed by atoms with Crippen molar-refractivity contribution in [2.45, 2.75) is 24.3 Å². The van der Waals surface area contributed by atoms with Gasteiger partial charge in [0.15, 0.2) is 4.90 Å². The molecule has 1 aromatic carbocycles. The molecule has 1 unspecified atom stereocenters. The average molecular weight is 287 g/mol. The van der Waals surface area contributed by atoms with Crippen LogP contribution in [-0.4, -0.2) is 19.4 Å². The molecule has 0 saturated heterocycles. The lowest BCUT2D eigenvalue weighted by Gasteiger charge is -2.10. The fourth-order valence-corrected chi connectivity index (χ4v) is 2.69. The number of benzene rings is 1. The van der Waals surface area contributed by atoms with Gasteiger partial charge < -0.3 is 0 Å². The van der Waals surface area contributed by atoms with Gasteiger partial charge in [-0.1, -0.05) is 6.92 Å². The van der Waals surface area contributed by atoms with E-state index in [0.717, 1.165) is 12.1 Å². The molecule has 19 heavy (non-hydrogen) atoms. The number of hydrogen-bond donors (Lipinski definition) is 1. The third-order valence-electron chi connectivity index (χ3n) is 2.27. The van der Waals surface area contributed by atoms with Crippen molar-refractivity contribution in [2.24, 2.45) is 0 Å². The first kappa shape index (κ1) is 15.0. The summed E-state index contributed by atoms with van der Waals surface area (Å²) in [6.45, 7) is 1.58. The molecule has 0 aliphatic carbocycles. The topological polar surface area (TPSA) is 113 Å². The Kier molecular flexibility index (Phi) is 4.52. The van der Waals surface area contributed by atoms with Gasteiger partial charge in [-0.25, -0.2) is 12.8 Å². The first-order valence-electron chi connectivity index (χ1n) is 5.17. The minimum absolute atomic E-state index is 0.199. The second-order valence-corrected chi connectivity index (χ2v) is 5.26. The summed E-state index contributed by atoms with van der Waals surface area (Å²) in [5.41, 5.74) is -0.875. The van der Waals surface area contributed by atoms with E-state index in [4.69, 9.17) is 5.26 Å². The molecule has 0 aliphatic rings. The molecular formula is C10H10FN3O4S. The van der Waals surface area contributed by atoms with Crippen LogP contribution in [0.3, 0.4) is 0 Å². The Hall–Kier alpha value is -2.05. The van der Waals surface area contributed by atoms with Gasteiger partial charge in [0.1, 0.15) is 11.9 Å². The van der Waals surface area contributed by atoms with Gasteiger partial charge in [0, 0.05) is 0 Å². The molecule has 0 radical (unpaired) electrons. The Morgan fingerprint density at radius 1 is 1.58 bits per heavy atom. The fraction of sp³-hybridized carbons (Fsp3) is 0.300. The van der Waals surface area contributed by atoms with Crippen LogP contribution in [0.4, 0.5) is 10.1 Å². The molecule has 0 spiro atoms. The summed E-state index contributed by atoms with van der Waals surface area (Å²) in [5, 5.41) is 19.4. The molecule has 0 heterocycles. The van der Waals surface area contributed by atoms with Crippen LogP contribution in [0.2, 0.25) is 0 Å². The quantitative estimate of drug-likeness (QED) is 0.648. The highest BCUT2D eigenvalue weighted by molar-refractivity contribution is 7.89. The number of nitro groups is 1. The standard InChI is InChI=1S/C10H10FN3O4S/c1-2-8(6-12)13-19(17,18)10-4-3-7(11)5-9(10)14(15)16/h3-5,8,13H,2H2,1H3. The summed E-state index contributed by atoms with van der Waals surface area (Å²) in [5.74, 6) is -0.919. The van der Waals surface area contributed by atoms with E-state index in [2.05, 4.69) is 0 Å². The Balaban J connectivity index is 3.30. The zero-order valence-corrected chi connectivity index (χ0v) is 10.6. The van der Waals surface area contributed by atoms with Crippen molar-refractivity contribution in [3.63, 3.8) is 0 Å². The summed E-state index contributed by atoms with van der Waals surface area (Å²) >= 11 is 0. The van der Waals surface area contributed by atoms with E-state index in [1.54, 1.807) is 13.0 Å². The molecule has 1 N–H and O–H groups in total. The maximum atomic E-state index is 12.9. The zero-order valence-electron chi connectivity index (χ0n) is 9.83. The minimum Gasteiger partial charge on any atom is -0.258 e. The summed E-state index contributed by atoms with van der Waals surface area (Å²) in [4.78, 5) is 9.06. The van der Waals surface area contributed by atoms with Gasteiger partial charge in [0.05, 0.1) is 17.1 Å². The first-order chi connectivity index (χ1) is 8.81. The van der Waals surface area contributed by atoms with Crippen LogP contribution in [0.25, 0.3) is 0 Å². The predicted molar refractivity (Wildman–Crippen MR) is 63.1 cm³/mol. The third-order valence-corrected chi connectivity index (χ3v) is 3.79. The summed E-state index contributed by atoms with van der Waals surface area (Å²) in [7, 11) is -4.26. The molecule has 1 aromatic rings. The van der Waals surface area contributed by atoms with Gasteiger partial charge in [-0.05, 0) is 18.6 Å². The van der Waals surface area contributed by atoms with Crippen LogP contribution < -0.4 is 4.72 Å². The highest BCUT2D eigenvalue weighted by atomic mass is 32.2. The Labute approximate surface area is 108 Å². The number of nitro benzene ring substituents is 1. The molecule has 0 amide bonds. The van der Waals surface area contributed by atoms with Crippen molar-refractivity contribution in [1.82, 2.24) is 4.72 Å². The molecule has 9 heteroatoms. The number of rotatable bonds is 5. The predicted octanol–water partition coefficient (Wildman–Crippen LogP) is 1.31. The highest BCUT2D eigenvalue weighted by Crippen LogP contribution is 2.24. The van der Waals surface area contributed by atoms with E-state index in [1.807, 2.05) is 4.72 Å². The monoisotopic (exact) mass is 287 g/mol. The minimum atomic E-state index is -4.26. The molecule has 0 saturated carbocycles. The van der Waals surface area contributed by atoms with Gasteiger partial charge >= 0.3 is 0 Å². The normalized spacial score (nSPS) is 12.7. The van der Waals surface area contributed by atoms with Crippen LogP contribution in [0.15, 0.2) is 23.1 Å². The Bertz CT molecular complexity index is 639. The maximum Gasteiger partial charge on any atom is 0.292 e. The second-order valence-electron chi connectivity index (χ2n) is 3.58. The van der Waals surface area contributed by atoms with E-state index in [1.165, 1.54) is 0 Å². The lowest BCUT2D eigenvalue weighted by atomic mass is 10.3. The summed E-state index contributed by atoms with van der Waals surface area (Å²) in [6, 6.07) is 2.81. The molecule has 0 bridgehead atoms. The van der Waals surface area contributed by atoms with Crippen LogP contribution in [0.1, 0.15) is 13.3 Å². The van der Waals surface area contributed by atoms with Gasteiger partial charge in [0.2, 0.25) is 10.0 Å². The highest BCUT2D eigenvalue weighted by Gasteiger charge is 2.28. The van der Waals surface area contributed by atoms with Gasteiger partial charge in [-0.2, -0.15) is 9.98 Å². The van der Waals surface area contributed by atoms with Gasteiger partial charge in [-0.15, -0.1) is 0 Å². The maximum absolute atomic E-state index is 12.9. The first-order valence-corrected chi connectivity index (χ1v) is 6.66. The van der Waals surface area contributed by atoms with Crippen molar-refractivity contribution in [1.29, 1.82) is 5.26 Å².